The van der Waals surface area contributed by atoms with Crippen LogP contribution in [0.5, 0.6) is 0 Å². The molecule has 0 saturated carbocycles. The summed E-state index contributed by atoms with van der Waals surface area (Å²) in [4.78, 5) is 51.7. The predicted octanol–water partition coefficient (Wildman–Crippen LogP) is 3.14. The fraction of sp³-hybridized carbons (Fsp3) is 0.304. The zero-order valence-corrected chi connectivity index (χ0v) is 18.6. The molecule has 1 atom stereocenters. The van der Waals surface area contributed by atoms with Crippen LogP contribution in [0.3, 0.4) is 0 Å². The van der Waals surface area contributed by atoms with E-state index in [1.54, 1.807) is 44.2 Å². The Morgan fingerprint density at radius 3 is 2.48 bits per heavy atom. The van der Waals surface area contributed by atoms with Gasteiger partial charge in [0.25, 0.3) is 5.91 Å². The summed E-state index contributed by atoms with van der Waals surface area (Å²) in [5, 5.41) is 5.96. The van der Waals surface area contributed by atoms with E-state index in [0.29, 0.717) is 24.2 Å². The van der Waals surface area contributed by atoms with Gasteiger partial charge < -0.3 is 5.32 Å². The number of hydrogen-bond acceptors (Lipinski definition) is 8. The van der Waals surface area contributed by atoms with E-state index in [4.69, 9.17) is 4.89 Å². The standard InChI is InChI=1S/C23H25FN4O5/c1-4-7-18(29)32-33-23(31)19-20(26-17-8-6-13-25-14-17)22(30)28(5-2)27(3)21(19)15-9-11-16(24)12-10-15/h6,8-14,21,26H,4-5,7H2,1-3H3. The quantitative estimate of drug-likeness (QED) is 0.501. The van der Waals surface area contributed by atoms with Gasteiger partial charge in [-0.05, 0) is 43.2 Å². The molecule has 0 fully saturated rings. The Morgan fingerprint density at radius 1 is 1.15 bits per heavy atom. The second kappa shape index (κ2) is 10.7. The molecule has 0 aliphatic carbocycles. The highest BCUT2D eigenvalue weighted by molar-refractivity contribution is 6.06. The first-order chi connectivity index (χ1) is 15.9. The lowest BCUT2D eigenvalue weighted by Gasteiger charge is -2.42. The molecule has 2 aromatic rings. The number of benzene rings is 1. The average Bonchev–Trinajstić information content (AvgIpc) is 2.81. The highest BCUT2D eigenvalue weighted by Crippen LogP contribution is 2.37. The van der Waals surface area contributed by atoms with Gasteiger partial charge in [0.1, 0.15) is 11.5 Å². The maximum atomic E-state index is 13.6. The fourth-order valence-electron chi connectivity index (χ4n) is 3.54. The summed E-state index contributed by atoms with van der Waals surface area (Å²) in [6.45, 7) is 3.87. The van der Waals surface area contributed by atoms with E-state index in [0.717, 1.165) is 0 Å². The Bertz CT molecular complexity index is 1040. The molecule has 174 valence electrons. The minimum Gasteiger partial charge on any atom is -0.349 e. The SMILES string of the molecule is CCCC(=O)OOC(=O)C1=C(Nc2cccnc2)C(=O)N(CC)N(C)C1c1ccc(F)cc1. The van der Waals surface area contributed by atoms with Crippen LogP contribution in [-0.2, 0) is 24.2 Å². The highest BCUT2D eigenvalue weighted by Gasteiger charge is 2.43. The lowest BCUT2D eigenvalue weighted by atomic mass is 9.94. The number of hydrazine groups is 1. The molecule has 33 heavy (non-hydrogen) atoms. The number of aromatic nitrogens is 1. The topological polar surface area (TPSA) is 101 Å². The second-order valence-corrected chi connectivity index (χ2v) is 7.28. The van der Waals surface area contributed by atoms with Crippen LogP contribution in [0.4, 0.5) is 10.1 Å². The Kier molecular flexibility index (Phi) is 7.73. The molecule has 1 aromatic heterocycles. The van der Waals surface area contributed by atoms with E-state index in [-0.39, 0.29) is 17.7 Å². The zero-order chi connectivity index (χ0) is 24.0. The van der Waals surface area contributed by atoms with Gasteiger partial charge in [-0.15, -0.1) is 0 Å². The molecule has 10 heteroatoms. The maximum Gasteiger partial charge on any atom is 0.386 e. The van der Waals surface area contributed by atoms with E-state index >= 15 is 0 Å². The van der Waals surface area contributed by atoms with Crippen molar-refractivity contribution in [3.8, 4) is 0 Å². The van der Waals surface area contributed by atoms with Crippen LogP contribution in [0.1, 0.15) is 38.3 Å². The third kappa shape index (κ3) is 5.35. The number of nitrogens with zero attached hydrogens (tertiary/aromatic N) is 3. The number of pyridine rings is 1. The van der Waals surface area contributed by atoms with Crippen molar-refractivity contribution >= 4 is 23.5 Å². The minimum atomic E-state index is -1.02. The van der Waals surface area contributed by atoms with Crippen LogP contribution in [0.25, 0.3) is 0 Å². The van der Waals surface area contributed by atoms with Gasteiger partial charge in [-0.3, -0.25) is 14.8 Å². The molecule has 1 aliphatic heterocycles. The Labute approximate surface area is 190 Å². The van der Waals surface area contributed by atoms with Gasteiger partial charge in [0.2, 0.25) is 0 Å². The predicted molar refractivity (Wildman–Crippen MR) is 116 cm³/mol. The molecule has 1 amide bonds. The molecule has 2 heterocycles. The summed E-state index contributed by atoms with van der Waals surface area (Å²) >= 11 is 0. The fourth-order valence-corrected chi connectivity index (χ4v) is 3.54. The Hall–Kier alpha value is -3.79. The molecular weight excluding hydrogens is 431 g/mol. The number of amides is 1. The molecule has 0 spiro atoms. The molecule has 1 aromatic carbocycles. The smallest absolute Gasteiger partial charge is 0.349 e. The van der Waals surface area contributed by atoms with Gasteiger partial charge in [-0.25, -0.2) is 28.8 Å². The number of rotatable bonds is 7. The first-order valence-corrected chi connectivity index (χ1v) is 10.5. The first kappa shape index (κ1) is 23.9. The first-order valence-electron chi connectivity index (χ1n) is 10.5. The highest BCUT2D eigenvalue weighted by atomic mass is 19.1. The molecular formula is C23H25FN4O5. The molecule has 0 bridgehead atoms. The van der Waals surface area contributed by atoms with E-state index in [1.807, 2.05) is 0 Å². The van der Waals surface area contributed by atoms with Crippen molar-refractivity contribution < 1.29 is 28.5 Å². The van der Waals surface area contributed by atoms with Crippen molar-refractivity contribution in [1.82, 2.24) is 15.0 Å². The molecule has 1 N–H and O–H groups in total. The van der Waals surface area contributed by atoms with Crippen molar-refractivity contribution in [1.29, 1.82) is 0 Å². The number of carbonyl (C=O) groups is 3. The van der Waals surface area contributed by atoms with Crippen molar-refractivity contribution in [2.45, 2.75) is 32.7 Å². The normalized spacial score (nSPS) is 16.5. The van der Waals surface area contributed by atoms with Crippen LogP contribution >= 0.6 is 0 Å². The molecule has 0 radical (unpaired) electrons. The number of nitrogens with one attached hydrogen (secondary N) is 1. The third-order valence-corrected chi connectivity index (χ3v) is 5.05. The summed E-state index contributed by atoms with van der Waals surface area (Å²) in [7, 11) is 1.63. The van der Waals surface area contributed by atoms with Gasteiger partial charge in [0.05, 0.1) is 23.5 Å². The number of hydrogen-bond donors (Lipinski definition) is 1. The van der Waals surface area contributed by atoms with Crippen LogP contribution in [0.15, 0.2) is 60.1 Å². The molecule has 3 rings (SSSR count). The van der Waals surface area contributed by atoms with Crippen molar-refractivity contribution in [3.05, 3.63) is 71.4 Å². The number of halogens is 1. The maximum absolute atomic E-state index is 13.6. The number of carbonyl (C=O) groups excluding carboxylic acids is 3. The van der Waals surface area contributed by atoms with Crippen molar-refractivity contribution in [2.75, 3.05) is 18.9 Å². The van der Waals surface area contributed by atoms with E-state index in [2.05, 4.69) is 15.2 Å². The average molecular weight is 456 g/mol. The summed E-state index contributed by atoms with van der Waals surface area (Å²) in [5.74, 6) is -2.67. The van der Waals surface area contributed by atoms with Crippen molar-refractivity contribution in [2.24, 2.45) is 0 Å². The third-order valence-electron chi connectivity index (χ3n) is 5.05. The molecule has 1 aliphatic rings. The van der Waals surface area contributed by atoms with Crippen molar-refractivity contribution in [3.63, 3.8) is 0 Å². The van der Waals surface area contributed by atoms with Crippen LogP contribution in [0.2, 0.25) is 0 Å². The monoisotopic (exact) mass is 456 g/mol. The molecule has 9 nitrogen and oxygen atoms in total. The van der Waals surface area contributed by atoms with E-state index < -0.39 is 29.7 Å². The molecule has 0 saturated heterocycles. The lowest BCUT2D eigenvalue weighted by Crippen LogP contribution is -2.53. The summed E-state index contributed by atoms with van der Waals surface area (Å²) in [6.07, 6.45) is 3.64. The van der Waals surface area contributed by atoms with E-state index in [9.17, 15) is 18.8 Å². The van der Waals surface area contributed by atoms with Crippen LogP contribution in [-0.4, -0.2) is 46.4 Å². The largest absolute Gasteiger partial charge is 0.386 e. The van der Waals surface area contributed by atoms with Gasteiger partial charge in [0, 0.05) is 26.2 Å². The number of anilines is 1. The lowest BCUT2D eigenvalue weighted by molar-refractivity contribution is -0.256. The second-order valence-electron chi connectivity index (χ2n) is 7.28. The minimum absolute atomic E-state index is 0.0613. The van der Waals surface area contributed by atoms with Gasteiger partial charge in [-0.1, -0.05) is 19.1 Å². The van der Waals surface area contributed by atoms with Crippen LogP contribution < -0.4 is 5.32 Å². The molecule has 1 unspecified atom stereocenters. The van der Waals surface area contributed by atoms with Gasteiger partial charge >= 0.3 is 11.9 Å². The van der Waals surface area contributed by atoms with Gasteiger partial charge in [-0.2, -0.15) is 0 Å². The number of likely N-dealkylation sites (N-methyl/N-ethyl adjacent to an activating group) is 2. The summed E-state index contributed by atoms with van der Waals surface area (Å²) < 4.78 is 13.6. The van der Waals surface area contributed by atoms with Gasteiger partial charge in [0.15, 0.2) is 0 Å². The zero-order valence-electron chi connectivity index (χ0n) is 18.6. The summed E-state index contributed by atoms with van der Waals surface area (Å²) in [6, 6.07) is 8.06. The van der Waals surface area contributed by atoms with E-state index in [1.165, 1.54) is 35.5 Å². The summed E-state index contributed by atoms with van der Waals surface area (Å²) in [5.41, 5.74) is 0.843. The Morgan fingerprint density at radius 2 is 1.88 bits per heavy atom. The Balaban J connectivity index is 2.12. The van der Waals surface area contributed by atoms with Crippen LogP contribution in [0, 0.1) is 5.82 Å².